The summed E-state index contributed by atoms with van der Waals surface area (Å²) in [5.74, 6) is -4.86. The molecule has 4 bridgehead atoms. The van der Waals surface area contributed by atoms with Gasteiger partial charge in [0.25, 0.3) is 0 Å². The van der Waals surface area contributed by atoms with Crippen molar-refractivity contribution in [1.82, 2.24) is 0 Å². The zero-order valence-electron chi connectivity index (χ0n) is 18.9. The van der Waals surface area contributed by atoms with Gasteiger partial charge in [-0.25, -0.2) is 8.78 Å². The molecule has 180 valence electrons. The van der Waals surface area contributed by atoms with Crippen LogP contribution in [0.1, 0.15) is 49.7 Å². The molecule has 2 aromatic carbocycles. The fraction of sp³-hybridized carbons (Fsp3) is 0.444. The number of ether oxygens (including phenoxy) is 2. The molecule has 4 fully saturated rings. The van der Waals surface area contributed by atoms with Crippen molar-refractivity contribution < 1.29 is 31.8 Å². The topological polar surface area (TPSA) is 35.5 Å². The predicted octanol–water partition coefficient (Wildman–Crippen LogP) is 6.63. The van der Waals surface area contributed by atoms with Crippen LogP contribution in [-0.4, -0.2) is 12.9 Å². The number of rotatable bonds is 7. The number of halogens is 4. The number of carbonyl (C=O) groups excluding carboxylic acids is 1. The van der Waals surface area contributed by atoms with E-state index < -0.39 is 29.0 Å². The fourth-order valence-corrected chi connectivity index (χ4v) is 6.60. The Bertz CT molecular complexity index is 1100. The van der Waals surface area contributed by atoms with E-state index in [1.165, 1.54) is 26.4 Å². The van der Waals surface area contributed by atoms with Crippen molar-refractivity contribution in [3.8, 4) is 11.5 Å². The van der Waals surface area contributed by atoms with Crippen molar-refractivity contribution in [2.24, 2.45) is 23.2 Å². The van der Waals surface area contributed by atoms with E-state index in [0.29, 0.717) is 34.6 Å². The molecule has 0 N–H and O–H groups in total. The van der Waals surface area contributed by atoms with E-state index in [1.807, 2.05) is 0 Å². The van der Waals surface area contributed by atoms with Gasteiger partial charge in [-0.15, -0.1) is 0 Å². The highest BCUT2D eigenvalue weighted by molar-refractivity contribution is 5.98. The van der Waals surface area contributed by atoms with Crippen LogP contribution in [0.25, 0.3) is 6.08 Å². The van der Waals surface area contributed by atoms with Crippen LogP contribution in [-0.2, 0) is 11.4 Å². The average Bonchev–Trinajstić information content (AvgIpc) is 2.80. The number of methoxy groups -OCH3 is 1. The second-order valence-electron chi connectivity index (χ2n) is 10.1. The highest BCUT2D eigenvalue weighted by Gasteiger charge is 2.53. The SMILES string of the molecule is COc1ccc(/C=C/C(=O)C23CC4CC(CC(C4)C2)C3)cc1COc1c(F)c(F)cc(F)c1F. The van der Waals surface area contributed by atoms with E-state index in [1.54, 1.807) is 30.4 Å². The molecule has 2 aromatic rings. The summed E-state index contributed by atoms with van der Waals surface area (Å²) < 4.78 is 65.2. The lowest BCUT2D eigenvalue weighted by molar-refractivity contribution is -0.138. The van der Waals surface area contributed by atoms with Gasteiger partial charge in [-0.2, -0.15) is 8.78 Å². The Labute approximate surface area is 195 Å². The van der Waals surface area contributed by atoms with Crippen LogP contribution in [0.2, 0.25) is 0 Å². The summed E-state index contributed by atoms with van der Waals surface area (Å²) in [6.07, 6.45) is 10.1. The first-order valence-electron chi connectivity index (χ1n) is 11.6. The molecular weight excluding hydrogens is 448 g/mol. The summed E-state index contributed by atoms with van der Waals surface area (Å²) in [4.78, 5) is 13.2. The summed E-state index contributed by atoms with van der Waals surface area (Å²) in [6.45, 7) is -0.384. The summed E-state index contributed by atoms with van der Waals surface area (Å²) in [6, 6.07) is 5.19. The maximum Gasteiger partial charge on any atom is 0.203 e. The van der Waals surface area contributed by atoms with Crippen molar-refractivity contribution in [2.45, 2.75) is 45.1 Å². The van der Waals surface area contributed by atoms with Crippen molar-refractivity contribution in [1.29, 1.82) is 0 Å². The molecule has 4 aliphatic carbocycles. The Morgan fingerprint density at radius 2 is 1.56 bits per heavy atom. The molecule has 4 saturated carbocycles. The fourth-order valence-electron chi connectivity index (χ4n) is 6.60. The summed E-state index contributed by atoms with van der Waals surface area (Å²) in [7, 11) is 1.42. The van der Waals surface area contributed by atoms with Gasteiger partial charge in [-0.3, -0.25) is 4.79 Å². The van der Waals surface area contributed by atoms with E-state index >= 15 is 0 Å². The van der Waals surface area contributed by atoms with Gasteiger partial charge in [-0.1, -0.05) is 12.1 Å². The third-order valence-corrected chi connectivity index (χ3v) is 7.74. The Kier molecular flexibility index (Phi) is 5.90. The van der Waals surface area contributed by atoms with E-state index in [4.69, 9.17) is 9.47 Å². The standard InChI is InChI=1S/C27H26F4O3/c1-33-22-4-2-15(9-19(22)14-34-26-24(30)20(28)10-21(29)25(26)31)3-5-23(32)27-11-16-6-17(12-27)8-18(7-16)13-27/h2-5,9-10,16-18H,6-8,11-14H2,1H3/b5-3+. The molecule has 0 aromatic heterocycles. The van der Waals surface area contributed by atoms with Gasteiger partial charge < -0.3 is 9.47 Å². The number of benzene rings is 2. The number of carbonyl (C=O) groups is 1. The van der Waals surface area contributed by atoms with Gasteiger partial charge in [0, 0.05) is 17.0 Å². The third kappa shape index (κ3) is 4.10. The molecule has 0 saturated heterocycles. The lowest BCUT2D eigenvalue weighted by Gasteiger charge is -2.55. The predicted molar refractivity (Wildman–Crippen MR) is 118 cm³/mol. The first-order valence-corrected chi connectivity index (χ1v) is 11.6. The Hall–Kier alpha value is -2.83. The van der Waals surface area contributed by atoms with E-state index in [9.17, 15) is 22.4 Å². The summed E-state index contributed by atoms with van der Waals surface area (Å²) >= 11 is 0. The molecule has 0 unspecified atom stereocenters. The molecule has 6 rings (SSSR count). The zero-order chi connectivity index (χ0) is 24.0. The van der Waals surface area contributed by atoms with Crippen LogP contribution in [0, 0.1) is 46.4 Å². The third-order valence-electron chi connectivity index (χ3n) is 7.74. The van der Waals surface area contributed by atoms with Crippen molar-refractivity contribution in [3.63, 3.8) is 0 Å². The molecule has 0 spiro atoms. The van der Waals surface area contributed by atoms with Gasteiger partial charge >= 0.3 is 0 Å². The molecule has 0 radical (unpaired) electrons. The molecule has 34 heavy (non-hydrogen) atoms. The minimum absolute atomic E-state index is 0.129. The number of ketones is 1. The Balaban J connectivity index is 1.34. The quantitative estimate of drug-likeness (QED) is 0.257. The number of hydrogen-bond acceptors (Lipinski definition) is 3. The minimum Gasteiger partial charge on any atom is -0.496 e. The van der Waals surface area contributed by atoms with Gasteiger partial charge in [0.2, 0.25) is 11.6 Å². The molecular formula is C27H26F4O3. The van der Waals surface area contributed by atoms with Crippen LogP contribution < -0.4 is 9.47 Å². The smallest absolute Gasteiger partial charge is 0.203 e. The Morgan fingerprint density at radius 3 is 2.12 bits per heavy atom. The first kappa shape index (κ1) is 22.9. The van der Waals surface area contributed by atoms with Crippen LogP contribution in [0.15, 0.2) is 30.3 Å². The second-order valence-corrected chi connectivity index (χ2v) is 10.1. The van der Waals surface area contributed by atoms with Gasteiger partial charge in [0.1, 0.15) is 12.4 Å². The van der Waals surface area contributed by atoms with E-state index in [0.717, 1.165) is 19.3 Å². The van der Waals surface area contributed by atoms with Crippen LogP contribution in [0.3, 0.4) is 0 Å². The maximum atomic E-state index is 13.9. The monoisotopic (exact) mass is 474 g/mol. The molecule has 7 heteroatoms. The lowest BCUT2D eigenvalue weighted by Crippen LogP contribution is -2.49. The zero-order valence-corrected chi connectivity index (χ0v) is 18.9. The van der Waals surface area contributed by atoms with Crippen LogP contribution in [0.4, 0.5) is 17.6 Å². The molecule has 0 atom stereocenters. The van der Waals surface area contributed by atoms with Gasteiger partial charge in [0.05, 0.1) is 7.11 Å². The van der Waals surface area contributed by atoms with Crippen molar-refractivity contribution in [3.05, 3.63) is 64.7 Å². The first-order chi connectivity index (χ1) is 16.3. The molecule has 0 amide bonds. The minimum atomic E-state index is -1.60. The molecule has 4 aliphatic rings. The van der Waals surface area contributed by atoms with Crippen LogP contribution >= 0.6 is 0 Å². The highest BCUT2D eigenvalue weighted by Crippen LogP contribution is 2.60. The average molecular weight is 474 g/mol. The second kappa shape index (κ2) is 8.75. The summed E-state index contributed by atoms with van der Waals surface area (Å²) in [5, 5.41) is 0. The number of hydrogen-bond donors (Lipinski definition) is 0. The van der Waals surface area contributed by atoms with Gasteiger partial charge in [-0.05, 0) is 80.1 Å². The normalized spacial score (nSPS) is 27.4. The molecule has 3 nitrogen and oxygen atoms in total. The molecule has 0 heterocycles. The van der Waals surface area contributed by atoms with E-state index in [-0.39, 0.29) is 23.9 Å². The van der Waals surface area contributed by atoms with Crippen molar-refractivity contribution >= 4 is 11.9 Å². The lowest BCUT2D eigenvalue weighted by atomic mass is 9.48. The largest absolute Gasteiger partial charge is 0.496 e. The molecule has 0 aliphatic heterocycles. The Morgan fingerprint density at radius 1 is 0.971 bits per heavy atom. The van der Waals surface area contributed by atoms with E-state index in [2.05, 4.69) is 0 Å². The van der Waals surface area contributed by atoms with Crippen molar-refractivity contribution in [2.75, 3.05) is 7.11 Å². The van der Waals surface area contributed by atoms with Crippen LogP contribution in [0.5, 0.6) is 11.5 Å². The number of allylic oxidation sites excluding steroid dienone is 1. The maximum absolute atomic E-state index is 13.9. The van der Waals surface area contributed by atoms with Gasteiger partial charge in [0.15, 0.2) is 23.2 Å². The summed E-state index contributed by atoms with van der Waals surface area (Å²) in [5.41, 5.74) is 0.861. The highest BCUT2D eigenvalue weighted by atomic mass is 19.2.